The number of dihydropyridines is 1. The topological polar surface area (TPSA) is 94.0 Å². The molecular weight excluding hydrogens is 488 g/mol. The van der Waals surface area contributed by atoms with E-state index in [1.165, 1.54) is 23.1 Å². The molecule has 182 valence electrons. The SMILES string of the molecule is CC1=C(C(=O)Nc2ccccc2C)[C@H](c2cccs2)C(C#N)=C(SCC(=O)NCc2ccccc2)N1. The van der Waals surface area contributed by atoms with Crippen LogP contribution in [0, 0.1) is 18.3 Å². The van der Waals surface area contributed by atoms with Gasteiger partial charge >= 0.3 is 0 Å². The lowest BCUT2D eigenvalue weighted by Crippen LogP contribution is -2.31. The molecule has 1 aromatic heterocycles. The van der Waals surface area contributed by atoms with Crippen molar-refractivity contribution in [3.8, 4) is 6.07 Å². The van der Waals surface area contributed by atoms with Gasteiger partial charge in [0.25, 0.3) is 5.91 Å². The van der Waals surface area contributed by atoms with Crippen LogP contribution < -0.4 is 16.0 Å². The van der Waals surface area contributed by atoms with Crippen LogP contribution in [-0.2, 0) is 16.1 Å². The van der Waals surface area contributed by atoms with Crippen LogP contribution in [0.15, 0.2) is 94.0 Å². The number of hydrogen-bond acceptors (Lipinski definition) is 6. The average Bonchev–Trinajstić information content (AvgIpc) is 3.42. The zero-order valence-electron chi connectivity index (χ0n) is 20.0. The van der Waals surface area contributed by atoms with Crippen molar-refractivity contribution in [1.82, 2.24) is 10.6 Å². The molecule has 1 aliphatic heterocycles. The third-order valence-corrected chi connectivity index (χ3v) is 7.75. The maximum atomic E-state index is 13.5. The molecule has 6 nitrogen and oxygen atoms in total. The van der Waals surface area contributed by atoms with Gasteiger partial charge in [0.05, 0.1) is 28.3 Å². The van der Waals surface area contributed by atoms with Gasteiger partial charge in [-0.15, -0.1) is 11.3 Å². The Morgan fingerprint density at radius 1 is 1.06 bits per heavy atom. The van der Waals surface area contributed by atoms with E-state index in [-0.39, 0.29) is 17.6 Å². The minimum atomic E-state index is -0.518. The van der Waals surface area contributed by atoms with Gasteiger partial charge in [0.15, 0.2) is 0 Å². The largest absolute Gasteiger partial charge is 0.353 e. The quantitative estimate of drug-likeness (QED) is 0.372. The number of carbonyl (C=O) groups excluding carboxylic acids is 2. The number of thiophene rings is 1. The van der Waals surface area contributed by atoms with Gasteiger partial charge in [-0.2, -0.15) is 5.26 Å². The Hall–Kier alpha value is -3.80. The van der Waals surface area contributed by atoms with E-state index in [0.717, 1.165) is 21.7 Å². The highest BCUT2D eigenvalue weighted by atomic mass is 32.2. The van der Waals surface area contributed by atoms with Gasteiger partial charge in [-0.1, -0.05) is 66.4 Å². The predicted octanol–water partition coefficient (Wildman–Crippen LogP) is 5.44. The third-order valence-electron chi connectivity index (χ3n) is 5.79. The maximum Gasteiger partial charge on any atom is 0.254 e. The maximum absolute atomic E-state index is 13.5. The molecule has 8 heteroatoms. The summed E-state index contributed by atoms with van der Waals surface area (Å²) in [6.45, 7) is 4.21. The summed E-state index contributed by atoms with van der Waals surface area (Å²) >= 11 is 2.77. The second kappa shape index (κ2) is 11.8. The first-order chi connectivity index (χ1) is 17.5. The van der Waals surface area contributed by atoms with Crippen molar-refractivity contribution in [3.63, 3.8) is 0 Å². The number of hydrogen-bond donors (Lipinski definition) is 3. The predicted molar refractivity (Wildman–Crippen MR) is 146 cm³/mol. The molecule has 36 heavy (non-hydrogen) atoms. The zero-order chi connectivity index (χ0) is 25.5. The molecule has 1 aliphatic rings. The van der Waals surface area contributed by atoms with E-state index in [0.29, 0.717) is 28.4 Å². The van der Waals surface area contributed by atoms with Crippen LogP contribution >= 0.6 is 23.1 Å². The summed E-state index contributed by atoms with van der Waals surface area (Å²) < 4.78 is 0. The number of thioether (sulfide) groups is 1. The minimum Gasteiger partial charge on any atom is -0.353 e. The molecule has 0 unspecified atom stereocenters. The number of allylic oxidation sites excluding steroid dienone is 2. The number of nitrogens with one attached hydrogen (secondary N) is 3. The van der Waals surface area contributed by atoms with Crippen molar-refractivity contribution < 1.29 is 9.59 Å². The number of aryl methyl sites for hydroxylation is 1. The van der Waals surface area contributed by atoms with Crippen molar-refractivity contribution >= 4 is 40.6 Å². The Kier molecular flexibility index (Phi) is 8.26. The van der Waals surface area contributed by atoms with E-state index in [1.807, 2.05) is 86.0 Å². The second-order valence-electron chi connectivity index (χ2n) is 8.29. The number of carbonyl (C=O) groups is 2. The molecule has 0 saturated heterocycles. The minimum absolute atomic E-state index is 0.132. The van der Waals surface area contributed by atoms with Crippen LogP contribution in [0.5, 0.6) is 0 Å². The number of para-hydroxylation sites is 1. The fourth-order valence-corrected chi connectivity index (χ4v) is 5.72. The summed E-state index contributed by atoms with van der Waals surface area (Å²) in [6, 6.07) is 23.4. The van der Waals surface area contributed by atoms with Crippen molar-refractivity contribution in [2.45, 2.75) is 26.3 Å². The van der Waals surface area contributed by atoms with Crippen LogP contribution in [-0.4, -0.2) is 17.6 Å². The zero-order valence-corrected chi connectivity index (χ0v) is 21.6. The van der Waals surface area contributed by atoms with E-state index in [9.17, 15) is 14.9 Å². The molecular formula is C28H26N4O2S2. The van der Waals surface area contributed by atoms with E-state index < -0.39 is 5.92 Å². The van der Waals surface area contributed by atoms with Crippen LogP contribution in [0.4, 0.5) is 5.69 Å². The monoisotopic (exact) mass is 514 g/mol. The van der Waals surface area contributed by atoms with Gasteiger partial charge in [0.1, 0.15) is 0 Å². The third kappa shape index (κ3) is 5.88. The molecule has 0 spiro atoms. The smallest absolute Gasteiger partial charge is 0.254 e. The lowest BCUT2D eigenvalue weighted by molar-refractivity contribution is -0.118. The number of nitriles is 1. The number of nitrogens with zero attached hydrogens (tertiary/aromatic N) is 1. The highest BCUT2D eigenvalue weighted by Gasteiger charge is 2.35. The summed E-state index contributed by atoms with van der Waals surface area (Å²) in [5.74, 6) is -0.761. The Labute approximate surface area is 219 Å². The summed E-state index contributed by atoms with van der Waals surface area (Å²) in [5.41, 5.74) is 4.28. The van der Waals surface area contributed by atoms with Crippen LogP contribution in [0.25, 0.3) is 0 Å². The molecule has 1 atom stereocenters. The number of amides is 2. The first-order valence-electron chi connectivity index (χ1n) is 11.4. The summed E-state index contributed by atoms with van der Waals surface area (Å²) in [6.07, 6.45) is 0. The van der Waals surface area contributed by atoms with Crippen molar-refractivity contribution in [2.24, 2.45) is 0 Å². The lowest BCUT2D eigenvalue weighted by Gasteiger charge is -2.29. The van der Waals surface area contributed by atoms with E-state index in [1.54, 1.807) is 0 Å². The van der Waals surface area contributed by atoms with Crippen molar-refractivity contribution in [3.05, 3.63) is 110 Å². The number of benzene rings is 2. The summed E-state index contributed by atoms with van der Waals surface area (Å²) in [5, 5.41) is 21.8. The molecule has 0 bridgehead atoms. The highest BCUT2D eigenvalue weighted by molar-refractivity contribution is 8.03. The fourth-order valence-electron chi connectivity index (χ4n) is 3.96. The second-order valence-corrected chi connectivity index (χ2v) is 10.3. The van der Waals surface area contributed by atoms with Crippen LogP contribution in [0.3, 0.4) is 0 Å². The van der Waals surface area contributed by atoms with Gasteiger partial charge in [-0.05, 0) is 42.5 Å². The Balaban J connectivity index is 1.55. The summed E-state index contributed by atoms with van der Waals surface area (Å²) in [7, 11) is 0. The molecule has 0 fully saturated rings. The van der Waals surface area contributed by atoms with E-state index >= 15 is 0 Å². The van der Waals surface area contributed by atoms with Gasteiger partial charge in [-0.25, -0.2) is 0 Å². The van der Waals surface area contributed by atoms with Crippen molar-refractivity contribution in [2.75, 3.05) is 11.1 Å². The molecule has 4 rings (SSSR count). The molecule has 2 aromatic carbocycles. The van der Waals surface area contributed by atoms with Gasteiger partial charge in [-0.3, -0.25) is 9.59 Å². The Morgan fingerprint density at radius 2 is 1.81 bits per heavy atom. The van der Waals surface area contributed by atoms with Gasteiger partial charge in [0, 0.05) is 28.4 Å². The molecule has 2 heterocycles. The molecule has 2 amide bonds. The number of rotatable bonds is 8. The molecule has 3 N–H and O–H groups in total. The van der Waals surface area contributed by atoms with E-state index in [2.05, 4.69) is 22.0 Å². The van der Waals surface area contributed by atoms with E-state index in [4.69, 9.17) is 0 Å². The Bertz CT molecular complexity index is 1360. The van der Waals surface area contributed by atoms with Gasteiger partial charge < -0.3 is 16.0 Å². The van der Waals surface area contributed by atoms with Crippen LogP contribution in [0.2, 0.25) is 0 Å². The molecule has 0 radical (unpaired) electrons. The van der Waals surface area contributed by atoms with Crippen molar-refractivity contribution in [1.29, 1.82) is 5.26 Å². The fraction of sp³-hybridized carbons (Fsp3) is 0.179. The van der Waals surface area contributed by atoms with Gasteiger partial charge in [0.2, 0.25) is 5.91 Å². The Morgan fingerprint density at radius 3 is 2.50 bits per heavy atom. The standard InChI is InChI=1S/C28H26N4O2S2/c1-18-9-6-7-12-22(18)32-27(34)25-19(2)31-28(21(15-29)26(25)23-13-8-14-35-23)36-17-24(33)30-16-20-10-4-3-5-11-20/h3-14,26,31H,16-17H2,1-2H3,(H,30,33)(H,32,34)/t26-/m0/s1. The summed E-state index contributed by atoms with van der Waals surface area (Å²) in [4.78, 5) is 26.9. The van der Waals surface area contributed by atoms with Crippen LogP contribution in [0.1, 0.15) is 28.8 Å². The highest BCUT2D eigenvalue weighted by Crippen LogP contribution is 2.42. The molecule has 3 aromatic rings. The lowest BCUT2D eigenvalue weighted by atomic mass is 9.86. The first-order valence-corrected chi connectivity index (χ1v) is 13.3. The first kappa shape index (κ1) is 25.3. The molecule has 0 saturated carbocycles. The average molecular weight is 515 g/mol. The normalized spacial score (nSPS) is 15.2. The molecule has 0 aliphatic carbocycles. The number of anilines is 1.